The highest BCUT2D eigenvalue weighted by molar-refractivity contribution is 6.33. The minimum absolute atomic E-state index is 0.0410. The van der Waals surface area contributed by atoms with E-state index in [-0.39, 0.29) is 5.91 Å². The third kappa shape index (κ3) is 3.03. The van der Waals surface area contributed by atoms with Crippen LogP contribution in [-0.2, 0) is 4.79 Å². The van der Waals surface area contributed by atoms with Gasteiger partial charge in [0.15, 0.2) is 0 Å². The van der Waals surface area contributed by atoms with Crippen LogP contribution in [0, 0.1) is 0 Å². The second kappa shape index (κ2) is 6.18. The Balaban J connectivity index is 2.42. The number of nitrogens with zero attached hydrogens (tertiary/aromatic N) is 3. The first-order valence-electron chi connectivity index (χ1n) is 6.55. The molecule has 0 saturated heterocycles. The average molecular weight is 308 g/mol. The predicted molar refractivity (Wildman–Crippen MR) is 82.6 cm³/mol. The van der Waals surface area contributed by atoms with E-state index in [0.29, 0.717) is 16.5 Å². The summed E-state index contributed by atoms with van der Waals surface area (Å²) in [5, 5.41) is 4.93. The van der Waals surface area contributed by atoms with Gasteiger partial charge in [-0.1, -0.05) is 23.7 Å². The zero-order valence-electron chi connectivity index (χ0n) is 12.5. The summed E-state index contributed by atoms with van der Waals surface area (Å²) in [7, 11) is 5.03. The van der Waals surface area contributed by atoms with Crippen molar-refractivity contribution in [1.29, 1.82) is 0 Å². The molecule has 0 N–H and O–H groups in total. The van der Waals surface area contributed by atoms with Gasteiger partial charge < -0.3 is 9.64 Å². The van der Waals surface area contributed by atoms with Crippen LogP contribution in [0.5, 0.6) is 5.75 Å². The van der Waals surface area contributed by atoms with Gasteiger partial charge in [0.05, 0.1) is 12.1 Å². The van der Waals surface area contributed by atoms with Gasteiger partial charge >= 0.3 is 0 Å². The lowest BCUT2D eigenvalue weighted by Gasteiger charge is -2.16. The Morgan fingerprint density at radius 3 is 2.67 bits per heavy atom. The van der Waals surface area contributed by atoms with Crippen molar-refractivity contribution in [3.8, 4) is 17.0 Å². The molecule has 2 rings (SSSR count). The number of aromatic nitrogens is 2. The monoisotopic (exact) mass is 307 g/mol. The predicted octanol–water partition coefficient (Wildman–Crippen LogP) is 2.86. The lowest BCUT2D eigenvalue weighted by Crippen LogP contribution is -2.30. The van der Waals surface area contributed by atoms with Crippen molar-refractivity contribution < 1.29 is 9.53 Å². The molecule has 1 unspecified atom stereocenters. The quantitative estimate of drug-likeness (QED) is 0.872. The molecule has 1 amide bonds. The van der Waals surface area contributed by atoms with Gasteiger partial charge in [0.2, 0.25) is 5.91 Å². The molecule has 1 aromatic heterocycles. The molecule has 0 radical (unpaired) electrons. The van der Waals surface area contributed by atoms with Crippen molar-refractivity contribution in [1.82, 2.24) is 14.7 Å². The molecule has 112 valence electrons. The molecule has 0 saturated carbocycles. The number of ether oxygens (including phenoxy) is 1. The summed E-state index contributed by atoms with van der Waals surface area (Å²) in [6.07, 6.45) is 1.66. The summed E-state index contributed by atoms with van der Waals surface area (Å²) in [4.78, 5) is 13.6. The van der Waals surface area contributed by atoms with Crippen molar-refractivity contribution in [3.63, 3.8) is 0 Å². The maximum absolute atomic E-state index is 12.0. The molecule has 2 aromatic rings. The number of carbonyl (C=O) groups is 1. The summed E-state index contributed by atoms with van der Waals surface area (Å²) in [6.45, 7) is 1.79. The number of carbonyl (C=O) groups excluding carboxylic acids is 1. The van der Waals surface area contributed by atoms with Crippen LogP contribution in [0.2, 0.25) is 5.02 Å². The molecular formula is C15H18ClN3O2. The molecule has 0 aliphatic carbocycles. The number of hydrogen-bond donors (Lipinski definition) is 0. The van der Waals surface area contributed by atoms with Gasteiger partial charge in [-0.2, -0.15) is 5.10 Å². The van der Waals surface area contributed by atoms with Gasteiger partial charge in [0.25, 0.3) is 0 Å². The summed E-state index contributed by atoms with van der Waals surface area (Å²) in [5.41, 5.74) is 1.40. The maximum atomic E-state index is 12.0. The van der Waals surface area contributed by atoms with E-state index < -0.39 is 6.04 Å². The fourth-order valence-electron chi connectivity index (χ4n) is 2.08. The summed E-state index contributed by atoms with van der Waals surface area (Å²) < 4.78 is 6.90. The van der Waals surface area contributed by atoms with E-state index in [4.69, 9.17) is 16.3 Å². The van der Waals surface area contributed by atoms with Gasteiger partial charge in [-0.15, -0.1) is 0 Å². The molecule has 1 heterocycles. The number of likely N-dealkylation sites (N-methyl/N-ethyl adjacent to an activating group) is 1. The standard InChI is InChI=1S/C15H18ClN3O2/c1-10(15(20)18(2)3)19-9-12(16)14(17-19)11-7-5-6-8-13(11)21-4/h5-10H,1-4H3. The van der Waals surface area contributed by atoms with Crippen LogP contribution in [0.3, 0.4) is 0 Å². The van der Waals surface area contributed by atoms with E-state index in [1.165, 1.54) is 4.90 Å². The molecule has 5 nitrogen and oxygen atoms in total. The Morgan fingerprint density at radius 2 is 2.05 bits per heavy atom. The van der Waals surface area contributed by atoms with E-state index in [1.807, 2.05) is 24.3 Å². The minimum Gasteiger partial charge on any atom is -0.496 e. The molecule has 1 aromatic carbocycles. The smallest absolute Gasteiger partial charge is 0.246 e. The molecule has 0 aliphatic heterocycles. The van der Waals surface area contributed by atoms with E-state index in [2.05, 4.69) is 5.10 Å². The topological polar surface area (TPSA) is 47.4 Å². The summed E-state index contributed by atoms with van der Waals surface area (Å²) in [5.74, 6) is 0.650. The van der Waals surface area contributed by atoms with Gasteiger partial charge in [0, 0.05) is 25.9 Å². The Bertz CT molecular complexity index is 652. The molecule has 0 fully saturated rings. The Kier molecular flexibility index (Phi) is 4.53. The summed E-state index contributed by atoms with van der Waals surface area (Å²) in [6, 6.07) is 7.09. The van der Waals surface area contributed by atoms with Crippen molar-refractivity contribution >= 4 is 17.5 Å². The van der Waals surface area contributed by atoms with Gasteiger partial charge in [-0.25, -0.2) is 0 Å². The third-order valence-corrected chi connectivity index (χ3v) is 3.52. The highest BCUT2D eigenvalue weighted by Crippen LogP contribution is 2.34. The summed E-state index contributed by atoms with van der Waals surface area (Å²) >= 11 is 6.27. The molecule has 0 aliphatic rings. The second-order valence-electron chi connectivity index (χ2n) is 4.91. The van der Waals surface area contributed by atoms with Crippen LogP contribution in [0.15, 0.2) is 30.5 Å². The number of rotatable bonds is 4. The minimum atomic E-state index is -0.416. The van der Waals surface area contributed by atoms with Crippen LogP contribution in [0.1, 0.15) is 13.0 Å². The number of methoxy groups -OCH3 is 1. The second-order valence-corrected chi connectivity index (χ2v) is 5.32. The largest absolute Gasteiger partial charge is 0.496 e. The van der Waals surface area contributed by atoms with Crippen LogP contribution >= 0.6 is 11.6 Å². The maximum Gasteiger partial charge on any atom is 0.246 e. The Hall–Kier alpha value is -2.01. The normalized spacial score (nSPS) is 12.0. The van der Waals surface area contributed by atoms with Crippen molar-refractivity contribution in [2.45, 2.75) is 13.0 Å². The van der Waals surface area contributed by atoms with Crippen LogP contribution in [0.4, 0.5) is 0 Å². The highest BCUT2D eigenvalue weighted by Gasteiger charge is 2.21. The number of benzene rings is 1. The molecular weight excluding hydrogens is 290 g/mol. The third-order valence-electron chi connectivity index (χ3n) is 3.24. The first-order chi connectivity index (χ1) is 9.95. The molecule has 6 heteroatoms. The van der Waals surface area contributed by atoms with Crippen molar-refractivity contribution in [2.24, 2.45) is 0 Å². The van der Waals surface area contributed by atoms with Crippen LogP contribution in [0.25, 0.3) is 11.3 Å². The Labute approximate surface area is 129 Å². The van der Waals surface area contributed by atoms with Crippen molar-refractivity contribution in [2.75, 3.05) is 21.2 Å². The molecule has 0 bridgehead atoms. The number of amides is 1. The number of hydrogen-bond acceptors (Lipinski definition) is 3. The molecule has 0 spiro atoms. The first-order valence-corrected chi connectivity index (χ1v) is 6.92. The van der Waals surface area contributed by atoms with Gasteiger partial charge in [-0.3, -0.25) is 9.48 Å². The van der Waals surface area contributed by atoms with Gasteiger partial charge in [-0.05, 0) is 19.1 Å². The first kappa shape index (κ1) is 15.4. The van der Waals surface area contributed by atoms with Crippen LogP contribution < -0.4 is 4.74 Å². The van der Waals surface area contributed by atoms with E-state index in [9.17, 15) is 4.79 Å². The fourth-order valence-corrected chi connectivity index (χ4v) is 2.32. The average Bonchev–Trinajstić information content (AvgIpc) is 2.87. The van der Waals surface area contributed by atoms with E-state index in [1.54, 1.807) is 39.0 Å². The zero-order valence-corrected chi connectivity index (χ0v) is 13.3. The van der Waals surface area contributed by atoms with Crippen molar-refractivity contribution in [3.05, 3.63) is 35.5 Å². The number of para-hydroxylation sites is 1. The van der Waals surface area contributed by atoms with E-state index >= 15 is 0 Å². The lowest BCUT2D eigenvalue weighted by molar-refractivity contribution is -0.131. The Morgan fingerprint density at radius 1 is 1.38 bits per heavy atom. The highest BCUT2D eigenvalue weighted by atomic mass is 35.5. The SMILES string of the molecule is COc1ccccc1-c1nn(C(C)C(=O)N(C)C)cc1Cl. The van der Waals surface area contributed by atoms with Crippen LogP contribution in [-0.4, -0.2) is 41.8 Å². The van der Waals surface area contributed by atoms with E-state index in [0.717, 1.165) is 5.56 Å². The molecule has 1 atom stereocenters. The number of halogens is 1. The zero-order chi connectivity index (χ0) is 15.6. The fraction of sp³-hybridized carbons (Fsp3) is 0.333. The lowest BCUT2D eigenvalue weighted by atomic mass is 10.1. The molecule has 21 heavy (non-hydrogen) atoms. The van der Waals surface area contributed by atoms with Gasteiger partial charge in [0.1, 0.15) is 17.5 Å².